The summed E-state index contributed by atoms with van der Waals surface area (Å²) in [6.45, 7) is 0.178. The Hall–Kier alpha value is -1.42. The molecule has 0 spiro atoms. The highest BCUT2D eigenvalue weighted by Gasteiger charge is 2.11. The molecule has 1 unspecified atom stereocenters. The van der Waals surface area contributed by atoms with Gasteiger partial charge in [0.15, 0.2) is 0 Å². The largest absolute Gasteiger partial charge is 0.496 e. The van der Waals surface area contributed by atoms with Crippen molar-refractivity contribution in [2.75, 3.05) is 13.7 Å². The van der Waals surface area contributed by atoms with E-state index < -0.39 is 6.10 Å². The molecule has 0 amide bonds. The number of aliphatic hydroxyl groups is 1. The third-order valence-corrected chi connectivity index (χ3v) is 3.44. The third kappa shape index (κ3) is 4.81. The maximum absolute atomic E-state index is 10.1. The molecule has 112 valence electrons. The van der Waals surface area contributed by atoms with Crippen LogP contribution in [-0.4, -0.2) is 24.9 Å². The lowest BCUT2D eigenvalue weighted by atomic mass is 10.1. The summed E-state index contributed by atoms with van der Waals surface area (Å²) in [4.78, 5) is 0. The molecule has 0 aromatic heterocycles. The molecule has 0 heterocycles. The van der Waals surface area contributed by atoms with Crippen molar-refractivity contribution < 1.29 is 14.6 Å². The second-order valence-electron chi connectivity index (χ2n) is 4.58. The number of halogens is 2. The molecule has 0 saturated heterocycles. The number of ether oxygens (including phenoxy) is 2. The van der Waals surface area contributed by atoms with Gasteiger partial charge in [0.1, 0.15) is 18.1 Å². The molecular weight excluding hydrogens is 311 g/mol. The van der Waals surface area contributed by atoms with Gasteiger partial charge in [-0.2, -0.15) is 0 Å². The van der Waals surface area contributed by atoms with Gasteiger partial charge in [-0.05, 0) is 48.0 Å². The Morgan fingerprint density at radius 2 is 1.71 bits per heavy atom. The predicted molar refractivity (Wildman–Crippen MR) is 84.7 cm³/mol. The lowest BCUT2D eigenvalue weighted by Gasteiger charge is -2.15. The second kappa shape index (κ2) is 7.55. The monoisotopic (exact) mass is 326 g/mol. The Morgan fingerprint density at radius 1 is 1.05 bits per heavy atom. The van der Waals surface area contributed by atoms with Gasteiger partial charge in [0, 0.05) is 16.5 Å². The van der Waals surface area contributed by atoms with E-state index in [2.05, 4.69) is 0 Å². The minimum atomic E-state index is -0.659. The molecule has 0 saturated carbocycles. The van der Waals surface area contributed by atoms with Crippen LogP contribution in [0, 0.1) is 0 Å². The van der Waals surface area contributed by atoms with Crippen molar-refractivity contribution in [3.8, 4) is 11.5 Å². The van der Waals surface area contributed by atoms with Gasteiger partial charge in [0.2, 0.25) is 0 Å². The Morgan fingerprint density at radius 3 is 2.38 bits per heavy atom. The quantitative estimate of drug-likeness (QED) is 0.872. The molecule has 0 bridgehead atoms. The fourth-order valence-corrected chi connectivity index (χ4v) is 2.26. The number of rotatable bonds is 6. The normalized spacial score (nSPS) is 12.0. The Bertz CT molecular complexity index is 585. The van der Waals surface area contributed by atoms with Crippen LogP contribution in [0.3, 0.4) is 0 Å². The Kier molecular flexibility index (Phi) is 5.74. The van der Waals surface area contributed by atoms with Gasteiger partial charge in [-0.1, -0.05) is 23.2 Å². The highest BCUT2D eigenvalue weighted by atomic mass is 35.5. The summed E-state index contributed by atoms with van der Waals surface area (Å²) in [6, 6.07) is 12.3. The van der Waals surface area contributed by atoms with Crippen molar-refractivity contribution in [1.29, 1.82) is 0 Å². The van der Waals surface area contributed by atoms with E-state index in [1.54, 1.807) is 49.6 Å². The topological polar surface area (TPSA) is 38.7 Å². The van der Waals surface area contributed by atoms with Crippen LogP contribution in [-0.2, 0) is 6.42 Å². The van der Waals surface area contributed by atoms with E-state index in [0.717, 1.165) is 5.56 Å². The van der Waals surface area contributed by atoms with Crippen LogP contribution in [0.2, 0.25) is 10.0 Å². The summed E-state index contributed by atoms with van der Waals surface area (Å²) in [5, 5.41) is 11.3. The SMILES string of the molecule is COc1ccc(Cl)cc1CC(O)COc1ccc(Cl)cc1. The van der Waals surface area contributed by atoms with Crippen molar-refractivity contribution in [1.82, 2.24) is 0 Å². The van der Waals surface area contributed by atoms with E-state index in [-0.39, 0.29) is 6.61 Å². The van der Waals surface area contributed by atoms with Crippen LogP contribution >= 0.6 is 23.2 Å². The zero-order chi connectivity index (χ0) is 15.2. The molecule has 1 N–H and O–H groups in total. The first-order chi connectivity index (χ1) is 10.1. The maximum atomic E-state index is 10.1. The molecule has 0 fully saturated rings. The summed E-state index contributed by atoms with van der Waals surface area (Å²) < 4.78 is 10.8. The fourth-order valence-electron chi connectivity index (χ4n) is 1.94. The van der Waals surface area contributed by atoms with Gasteiger partial charge in [0.05, 0.1) is 13.2 Å². The molecule has 5 heteroatoms. The van der Waals surface area contributed by atoms with Gasteiger partial charge >= 0.3 is 0 Å². The summed E-state index contributed by atoms with van der Waals surface area (Å²) >= 11 is 11.8. The van der Waals surface area contributed by atoms with Gasteiger partial charge in [-0.15, -0.1) is 0 Å². The van der Waals surface area contributed by atoms with E-state index in [1.807, 2.05) is 0 Å². The first kappa shape index (κ1) is 16.0. The summed E-state index contributed by atoms with van der Waals surface area (Å²) in [5.74, 6) is 1.36. The van der Waals surface area contributed by atoms with Crippen LogP contribution in [0.4, 0.5) is 0 Å². The molecule has 0 radical (unpaired) electrons. The molecule has 0 aliphatic heterocycles. The van der Waals surface area contributed by atoms with Crippen molar-refractivity contribution >= 4 is 23.2 Å². The highest BCUT2D eigenvalue weighted by Crippen LogP contribution is 2.24. The van der Waals surface area contributed by atoms with Gasteiger partial charge in [-0.3, -0.25) is 0 Å². The molecule has 3 nitrogen and oxygen atoms in total. The zero-order valence-corrected chi connectivity index (χ0v) is 13.1. The summed E-state index contributed by atoms with van der Waals surface area (Å²) in [7, 11) is 1.59. The molecule has 21 heavy (non-hydrogen) atoms. The van der Waals surface area contributed by atoms with E-state index in [0.29, 0.717) is 28.0 Å². The molecule has 0 aliphatic rings. The van der Waals surface area contributed by atoms with Gasteiger partial charge < -0.3 is 14.6 Å². The summed E-state index contributed by atoms with van der Waals surface area (Å²) in [5.41, 5.74) is 0.845. The molecule has 2 rings (SSSR count). The number of methoxy groups -OCH3 is 1. The van der Waals surface area contributed by atoms with Crippen LogP contribution in [0.5, 0.6) is 11.5 Å². The van der Waals surface area contributed by atoms with Crippen LogP contribution in [0.1, 0.15) is 5.56 Å². The van der Waals surface area contributed by atoms with Gasteiger partial charge in [-0.25, -0.2) is 0 Å². The molecule has 2 aromatic rings. The lowest BCUT2D eigenvalue weighted by Crippen LogP contribution is -2.20. The predicted octanol–water partition coefficient (Wildman–Crippen LogP) is 3.98. The van der Waals surface area contributed by atoms with Crippen molar-refractivity contribution in [2.45, 2.75) is 12.5 Å². The van der Waals surface area contributed by atoms with Crippen molar-refractivity contribution in [3.63, 3.8) is 0 Å². The number of hydrogen-bond acceptors (Lipinski definition) is 3. The first-order valence-electron chi connectivity index (χ1n) is 6.47. The Labute approximate surface area is 134 Å². The van der Waals surface area contributed by atoms with Crippen LogP contribution in [0.25, 0.3) is 0 Å². The first-order valence-corrected chi connectivity index (χ1v) is 7.23. The molecule has 1 atom stereocenters. The van der Waals surface area contributed by atoms with E-state index in [1.165, 1.54) is 0 Å². The lowest BCUT2D eigenvalue weighted by molar-refractivity contribution is 0.107. The van der Waals surface area contributed by atoms with Crippen LogP contribution in [0.15, 0.2) is 42.5 Å². The van der Waals surface area contributed by atoms with E-state index in [4.69, 9.17) is 32.7 Å². The van der Waals surface area contributed by atoms with Gasteiger partial charge in [0.25, 0.3) is 0 Å². The number of aliphatic hydroxyl groups excluding tert-OH is 1. The third-order valence-electron chi connectivity index (χ3n) is 2.95. The second-order valence-corrected chi connectivity index (χ2v) is 5.45. The number of hydrogen-bond donors (Lipinski definition) is 1. The highest BCUT2D eigenvalue weighted by molar-refractivity contribution is 6.30. The zero-order valence-electron chi connectivity index (χ0n) is 11.6. The van der Waals surface area contributed by atoms with Crippen LogP contribution < -0.4 is 9.47 Å². The molecule has 0 aliphatic carbocycles. The average Bonchev–Trinajstić information content (AvgIpc) is 2.47. The van der Waals surface area contributed by atoms with E-state index in [9.17, 15) is 5.11 Å². The number of benzene rings is 2. The average molecular weight is 327 g/mol. The smallest absolute Gasteiger partial charge is 0.122 e. The maximum Gasteiger partial charge on any atom is 0.122 e. The molecular formula is C16H16Cl2O3. The van der Waals surface area contributed by atoms with E-state index >= 15 is 0 Å². The standard InChI is InChI=1S/C16H16Cl2O3/c1-20-16-7-4-13(18)8-11(16)9-14(19)10-21-15-5-2-12(17)3-6-15/h2-8,14,19H,9-10H2,1H3. The van der Waals surface area contributed by atoms with Crippen molar-refractivity contribution in [3.05, 3.63) is 58.1 Å². The minimum Gasteiger partial charge on any atom is -0.496 e. The summed E-state index contributed by atoms with van der Waals surface area (Å²) in [6.07, 6.45) is -0.259. The minimum absolute atomic E-state index is 0.178. The Balaban J connectivity index is 1.94. The molecule has 2 aromatic carbocycles. The van der Waals surface area contributed by atoms with Crippen molar-refractivity contribution in [2.24, 2.45) is 0 Å². The fraction of sp³-hybridized carbons (Fsp3) is 0.250.